The van der Waals surface area contributed by atoms with E-state index in [0.717, 1.165) is 21.8 Å². The highest BCUT2D eigenvalue weighted by atomic mass is 32.2. The van der Waals surface area contributed by atoms with Crippen LogP contribution < -0.4 is 4.74 Å². The highest BCUT2D eigenvalue weighted by Crippen LogP contribution is 2.37. The van der Waals surface area contributed by atoms with Gasteiger partial charge in [0.2, 0.25) is 0 Å². The van der Waals surface area contributed by atoms with E-state index in [-0.39, 0.29) is 17.1 Å². The number of carboxylic acids is 1. The maximum Gasteiger partial charge on any atom is 0.303 e. The van der Waals surface area contributed by atoms with Crippen molar-refractivity contribution >= 4 is 38.2 Å². The molecule has 0 saturated heterocycles. The standard InChI is InChI=1S/C22H22N2O6S2/c1-4-29-16-6-7-18-17(11-16)15(5-9-20(25)26)12-24(18)32(27,28)21-10-8-19(31-21)22-13(2)23-30-14(22)3/h6-8,10-12H,4-5,9H2,1-3H3,(H,25,26). The summed E-state index contributed by atoms with van der Waals surface area (Å²) in [6.07, 6.45) is 1.61. The SMILES string of the molecule is CCOc1ccc2c(c1)c(CCC(=O)O)cn2S(=O)(=O)c1ccc(-c2c(C)noc2C)s1. The Labute approximate surface area is 189 Å². The van der Waals surface area contributed by atoms with Crippen LogP contribution in [0.25, 0.3) is 21.3 Å². The van der Waals surface area contributed by atoms with Gasteiger partial charge in [0.25, 0.3) is 10.0 Å². The number of nitrogens with zero attached hydrogens (tertiary/aromatic N) is 2. The first-order valence-corrected chi connectivity index (χ1v) is 12.2. The lowest BCUT2D eigenvalue weighted by Crippen LogP contribution is -2.10. The molecule has 0 saturated carbocycles. The summed E-state index contributed by atoms with van der Waals surface area (Å²) in [5.41, 5.74) is 2.59. The zero-order valence-corrected chi connectivity index (χ0v) is 19.4. The Morgan fingerprint density at radius 3 is 2.69 bits per heavy atom. The van der Waals surface area contributed by atoms with Crippen LogP contribution in [0.1, 0.15) is 30.4 Å². The number of rotatable bonds is 8. The molecule has 1 aromatic carbocycles. The van der Waals surface area contributed by atoms with E-state index in [0.29, 0.717) is 40.3 Å². The Hall–Kier alpha value is -3.11. The first-order valence-electron chi connectivity index (χ1n) is 9.99. The van der Waals surface area contributed by atoms with Crippen molar-refractivity contribution in [1.82, 2.24) is 9.13 Å². The summed E-state index contributed by atoms with van der Waals surface area (Å²) >= 11 is 1.14. The molecule has 4 rings (SSSR count). The van der Waals surface area contributed by atoms with Crippen molar-refractivity contribution in [2.75, 3.05) is 6.61 Å². The molecule has 0 aliphatic rings. The van der Waals surface area contributed by atoms with Crippen molar-refractivity contribution in [3.05, 3.63) is 53.5 Å². The lowest BCUT2D eigenvalue weighted by atomic mass is 10.1. The number of ether oxygens (including phenoxy) is 1. The van der Waals surface area contributed by atoms with Crippen LogP contribution in [0.4, 0.5) is 0 Å². The quantitative estimate of drug-likeness (QED) is 0.396. The summed E-state index contributed by atoms with van der Waals surface area (Å²) in [5, 5.41) is 13.7. The fraction of sp³-hybridized carbons (Fsp3) is 0.273. The molecule has 168 valence electrons. The van der Waals surface area contributed by atoms with Crippen molar-refractivity contribution < 1.29 is 27.6 Å². The molecular weight excluding hydrogens is 452 g/mol. The van der Waals surface area contributed by atoms with Gasteiger partial charge in [0.15, 0.2) is 0 Å². The van der Waals surface area contributed by atoms with Crippen LogP contribution in [-0.4, -0.2) is 35.2 Å². The van der Waals surface area contributed by atoms with Gasteiger partial charge in [-0.15, -0.1) is 11.3 Å². The van der Waals surface area contributed by atoms with Gasteiger partial charge in [0, 0.05) is 22.9 Å². The first-order chi connectivity index (χ1) is 15.2. The first kappa shape index (κ1) is 22.1. The average molecular weight is 475 g/mol. The number of carboxylic acid groups (broad SMARTS) is 1. The summed E-state index contributed by atoms with van der Waals surface area (Å²) < 4.78 is 39.3. The van der Waals surface area contributed by atoms with Crippen molar-refractivity contribution in [2.24, 2.45) is 0 Å². The highest BCUT2D eigenvalue weighted by Gasteiger charge is 2.25. The fourth-order valence-corrected chi connectivity index (χ4v) is 6.60. The highest BCUT2D eigenvalue weighted by molar-refractivity contribution is 7.92. The predicted molar refractivity (Wildman–Crippen MR) is 121 cm³/mol. The molecule has 8 nitrogen and oxygen atoms in total. The van der Waals surface area contributed by atoms with Gasteiger partial charge in [-0.2, -0.15) is 8.42 Å². The molecule has 4 aromatic rings. The minimum absolute atomic E-state index is 0.104. The van der Waals surface area contributed by atoms with Gasteiger partial charge in [-0.1, -0.05) is 5.16 Å². The minimum Gasteiger partial charge on any atom is -0.494 e. The summed E-state index contributed by atoms with van der Waals surface area (Å²) in [7, 11) is -3.91. The zero-order chi connectivity index (χ0) is 23.0. The molecule has 0 aliphatic heterocycles. The van der Waals surface area contributed by atoms with E-state index in [1.54, 1.807) is 37.3 Å². The summed E-state index contributed by atoms with van der Waals surface area (Å²) in [5.74, 6) is 0.278. The van der Waals surface area contributed by atoms with Gasteiger partial charge >= 0.3 is 5.97 Å². The Balaban J connectivity index is 1.82. The number of aliphatic carboxylic acids is 1. The topological polar surface area (TPSA) is 112 Å². The Morgan fingerprint density at radius 1 is 1.25 bits per heavy atom. The second-order valence-electron chi connectivity index (χ2n) is 7.28. The lowest BCUT2D eigenvalue weighted by molar-refractivity contribution is -0.136. The molecule has 0 unspecified atom stereocenters. The van der Waals surface area contributed by atoms with E-state index < -0.39 is 16.0 Å². The van der Waals surface area contributed by atoms with E-state index in [1.807, 2.05) is 13.8 Å². The summed E-state index contributed by atoms with van der Waals surface area (Å²) in [6.45, 7) is 5.92. The van der Waals surface area contributed by atoms with Crippen molar-refractivity contribution in [3.63, 3.8) is 0 Å². The molecule has 32 heavy (non-hydrogen) atoms. The minimum atomic E-state index is -3.91. The fourth-order valence-electron chi connectivity index (χ4n) is 3.67. The van der Waals surface area contributed by atoms with Gasteiger partial charge < -0.3 is 14.4 Å². The molecule has 3 aromatic heterocycles. The largest absolute Gasteiger partial charge is 0.494 e. The number of hydrogen-bond donors (Lipinski definition) is 1. The van der Waals surface area contributed by atoms with Crippen LogP contribution in [0.2, 0.25) is 0 Å². The number of aryl methyl sites for hydroxylation is 3. The molecule has 0 amide bonds. The molecule has 0 atom stereocenters. The van der Waals surface area contributed by atoms with Crippen LogP contribution in [-0.2, 0) is 21.2 Å². The van der Waals surface area contributed by atoms with Crippen molar-refractivity contribution in [1.29, 1.82) is 0 Å². The predicted octanol–water partition coefficient (Wildman–Crippen LogP) is 4.63. The maximum absolute atomic E-state index is 13.5. The van der Waals surface area contributed by atoms with Crippen molar-refractivity contribution in [3.8, 4) is 16.2 Å². The molecule has 0 spiro atoms. The van der Waals surface area contributed by atoms with Gasteiger partial charge in [-0.3, -0.25) is 4.79 Å². The van der Waals surface area contributed by atoms with E-state index in [1.165, 1.54) is 10.2 Å². The zero-order valence-electron chi connectivity index (χ0n) is 17.8. The van der Waals surface area contributed by atoms with Crippen LogP contribution >= 0.6 is 11.3 Å². The molecule has 0 aliphatic carbocycles. The second kappa shape index (κ2) is 8.44. The van der Waals surface area contributed by atoms with Gasteiger partial charge in [0.05, 0.1) is 23.4 Å². The van der Waals surface area contributed by atoms with Crippen LogP contribution in [0.15, 0.2) is 45.3 Å². The Morgan fingerprint density at radius 2 is 2.03 bits per heavy atom. The van der Waals surface area contributed by atoms with Gasteiger partial charge in [-0.25, -0.2) is 3.97 Å². The van der Waals surface area contributed by atoms with E-state index in [2.05, 4.69) is 5.16 Å². The lowest BCUT2D eigenvalue weighted by Gasteiger charge is -2.07. The molecule has 0 fully saturated rings. The van der Waals surface area contributed by atoms with E-state index in [4.69, 9.17) is 14.4 Å². The average Bonchev–Trinajstić information content (AvgIpc) is 3.44. The number of thiophene rings is 1. The molecule has 1 N–H and O–H groups in total. The van der Waals surface area contributed by atoms with Crippen LogP contribution in [0, 0.1) is 13.8 Å². The Kier molecular flexibility index (Phi) is 5.83. The van der Waals surface area contributed by atoms with E-state index >= 15 is 0 Å². The number of carbonyl (C=O) groups is 1. The van der Waals surface area contributed by atoms with Crippen molar-refractivity contribution in [2.45, 2.75) is 37.8 Å². The van der Waals surface area contributed by atoms with Crippen LogP contribution in [0.5, 0.6) is 5.75 Å². The molecule has 0 bridgehead atoms. The second-order valence-corrected chi connectivity index (χ2v) is 10.4. The number of aromatic nitrogens is 2. The van der Waals surface area contributed by atoms with Crippen LogP contribution in [0.3, 0.4) is 0 Å². The third-order valence-corrected chi connectivity index (χ3v) is 8.36. The summed E-state index contributed by atoms with van der Waals surface area (Å²) in [4.78, 5) is 11.9. The molecule has 0 radical (unpaired) electrons. The number of benzene rings is 1. The smallest absolute Gasteiger partial charge is 0.303 e. The normalized spacial score (nSPS) is 11.8. The van der Waals surface area contributed by atoms with Gasteiger partial charge in [-0.05, 0) is 63.1 Å². The maximum atomic E-state index is 13.5. The third kappa shape index (κ3) is 3.91. The number of fused-ring (bicyclic) bond motifs is 1. The van der Waals surface area contributed by atoms with Gasteiger partial charge in [0.1, 0.15) is 15.7 Å². The van der Waals surface area contributed by atoms with E-state index in [9.17, 15) is 13.2 Å². The molecule has 3 heterocycles. The number of hydrogen-bond acceptors (Lipinski definition) is 7. The third-order valence-electron chi connectivity index (χ3n) is 5.12. The molecular formula is C22H22N2O6S2. The monoisotopic (exact) mass is 474 g/mol. The summed E-state index contributed by atoms with van der Waals surface area (Å²) in [6, 6.07) is 8.46. The Bertz CT molecular complexity index is 1390. The molecule has 10 heteroatoms.